The molecule has 0 bridgehead atoms. The summed E-state index contributed by atoms with van der Waals surface area (Å²) < 4.78 is 9.31. The minimum absolute atomic E-state index is 0.0814. The molecule has 1 aromatic rings. The van der Waals surface area contributed by atoms with Crippen molar-refractivity contribution in [2.24, 2.45) is 5.92 Å². The van der Waals surface area contributed by atoms with E-state index in [1.807, 2.05) is 12.4 Å². The van der Waals surface area contributed by atoms with Crippen molar-refractivity contribution in [3.8, 4) is 0 Å². The Morgan fingerprint density at radius 3 is 3.21 bits per heavy atom. The van der Waals surface area contributed by atoms with Gasteiger partial charge in [-0.1, -0.05) is 0 Å². The second kappa shape index (κ2) is 4.16. The van der Waals surface area contributed by atoms with Gasteiger partial charge in [0.25, 0.3) is 0 Å². The minimum atomic E-state index is -0.0814. The zero-order valence-corrected chi connectivity index (χ0v) is 8.71. The SMILES string of the molecule is CNC1COCC1C(=O)c1ccsn1. The minimum Gasteiger partial charge on any atom is -0.379 e. The highest BCUT2D eigenvalue weighted by Gasteiger charge is 2.34. The van der Waals surface area contributed by atoms with Crippen LogP contribution in [-0.4, -0.2) is 36.5 Å². The lowest BCUT2D eigenvalue weighted by atomic mass is 9.97. The fraction of sp³-hybridized carbons (Fsp3) is 0.556. The van der Waals surface area contributed by atoms with E-state index in [-0.39, 0.29) is 17.7 Å². The first-order chi connectivity index (χ1) is 6.83. The summed E-state index contributed by atoms with van der Waals surface area (Å²) >= 11 is 1.30. The van der Waals surface area contributed by atoms with E-state index in [0.29, 0.717) is 18.9 Å². The lowest BCUT2D eigenvalue weighted by molar-refractivity contribution is 0.0888. The molecule has 76 valence electrons. The molecular weight excluding hydrogens is 200 g/mol. The second-order valence-electron chi connectivity index (χ2n) is 3.29. The molecule has 2 unspecified atom stereocenters. The average molecular weight is 212 g/mol. The summed E-state index contributed by atoms with van der Waals surface area (Å²) in [4.78, 5) is 11.9. The van der Waals surface area contributed by atoms with Gasteiger partial charge in [0.05, 0.1) is 19.1 Å². The summed E-state index contributed by atoms with van der Waals surface area (Å²) in [6, 6.07) is 1.89. The van der Waals surface area contributed by atoms with E-state index < -0.39 is 0 Å². The van der Waals surface area contributed by atoms with Crippen LogP contribution < -0.4 is 5.32 Å². The van der Waals surface area contributed by atoms with Crippen LogP contribution in [0.2, 0.25) is 0 Å². The number of hydrogen-bond acceptors (Lipinski definition) is 5. The van der Waals surface area contributed by atoms with Gasteiger partial charge in [0.1, 0.15) is 5.69 Å². The van der Waals surface area contributed by atoms with E-state index in [1.165, 1.54) is 11.5 Å². The van der Waals surface area contributed by atoms with Gasteiger partial charge >= 0.3 is 0 Å². The molecule has 0 radical (unpaired) electrons. The van der Waals surface area contributed by atoms with Gasteiger partial charge in [-0.15, -0.1) is 0 Å². The Hall–Kier alpha value is -0.780. The van der Waals surface area contributed by atoms with Gasteiger partial charge in [0.15, 0.2) is 5.78 Å². The third kappa shape index (κ3) is 1.70. The number of Topliss-reactive ketones (excluding diaryl/α,β-unsaturated/α-hetero) is 1. The molecule has 0 saturated carbocycles. The number of ketones is 1. The van der Waals surface area contributed by atoms with Crippen LogP contribution >= 0.6 is 11.5 Å². The molecule has 0 amide bonds. The molecule has 0 aliphatic carbocycles. The topological polar surface area (TPSA) is 51.2 Å². The molecule has 1 fully saturated rings. The number of likely N-dealkylation sites (N-methyl/N-ethyl adjacent to an activating group) is 1. The molecule has 1 aromatic heterocycles. The zero-order valence-electron chi connectivity index (χ0n) is 7.90. The fourth-order valence-corrected chi connectivity index (χ4v) is 2.14. The lowest BCUT2D eigenvalue weighted by Gasteiger charge is -2.13. The van der Waals surface area contributed by atoms with Gasteiger partial charge < -0.3 is 10.1 Å². The largest absolute Gasteiger partial charge is 0.379 e. The van der Waals surface area contributed by atoms with Gasteiger partial charge in [-0.3, -0.25) is 4.79 Å². The van der Waals surface area contributed by atoms with Crippen LogP contribution in [0.25, 0.3) is 0 Å². The number of aromatic nitrogens is 1. The molecule has 0 aromatic carbocycles. The highest BCUT2D eigenvalue weighted by Crippen LogP contribution is 2.18. The summed E-state index contributed by atoms with van der Waals surface area (Å²) in [6.07, 6.45) is 0. The number of nitrogens with zero attached hydrogens (tertiary/aromatic N) is 1. The maximum atomic E-state index is 11.9. The Kier molecular flexibility index (Phi) is 2.90. The Bertz CT molecular complexity index is 313. The molecule has 1 N–H and O–H groups in total. The van der Waals surface area contributed by atoms with Crippen LogP contribution in [0.4, 0.5) is 0 Å². The average Bonchev–Trinajstić information content (AvgIpc) is 2.87. The van der Waals surface area contributed by atoms with Crippen molar-refractivity contribution >= 4 is 17.3 Å². The van der Waals surface area contributed by atoms with Gasteiger partial charge in [0, 0.05) is 11.4 Å². The first-order valence-electron chi connectivity index (χ1n) is 4.52. The number of carbonyl (C=O) groups is 1. The first kappa shape index (κ1) is 9.76. The second-order valence-corrected chi connectivity index (χ2v) is 3.95. The van der Waals surface area contributed by atoms with Crippen molar-refractivity contribution in [3.05, 3.63) is 17.1 Å². The van der Waals surface area contributed by atoms with Gasteiger partial charge in [0.2, 0.25) is 0 Å². The predicted molar refractivity (Wildman–Crippen MR) is 53.6 cm³/mol. The van der Waals surface area contributed by atoms with Gasteiger partial charge in [-0.05, 0) is 24.6 Å². The van der Waals surface area contributed by atoms with Crippen LogP contribution in [-0.2, 0) is 4.74 Å². The molecule has 1 saturated heterocycles. The van der Waals surface area contributed by atoms with Crippen LogP contribution in [0.15, 0.2) is 11.4 Å². The van der Waals surface area contributed by atoms with Crippen molar-refractivity contribution in [3.63, 3.8) is 0 Å². The van der Waals surface area contributed by atoms with Crippen molar-refractivity contribution in [2.75, 3.05) is 20.3 Å². The van der Waals surface area contributed by atoms with E-state index in [9.17, 15) is 4.79 Å². The van der Waals surface area contributed by atoms with Gasteiger partial charge in [-0.2, -0.15) is 4.37 Å². The molecule has 0 spiro atoms. The lowest BCUT2D eigenvalue weighted by Crippen LogP contribution is -2.37. The molecule has 4 nitrogen and oxygen atoms in total. The van der Waals surface area contributed by atoms with E-state index in [0.717, 1.165) is 0 Å². The first-order valence-corrected chi connectivity index (χ1v) is 5.36. The van der Waals surface area contributed by atoms with Crippen LogP contribution in [0.3, 0.4) is 0 Å². The maximum absolute atomic E-state index is 11.9. The molecule has 2 atom stereocenters. The van der Waals surface area contributed by atoms with Crippen LogP contribution in [0.5, 0.6) is 0 Å². The molecule has 2 heterocycles. The van der Waals surface area contributed by atoms with E-state index in [4.69, 9.17) is 4.74 Å². The molecule has 2 rings (SSSR count). The summed E-state index contributed by atoms with van der Waals surface area (Å²) in [5.41, 5.74) is 0.561. The molecule has 1 aliphatic rings. The van der Waals surface area contributed by atoms with Crippen LogP contribution in [0.1, 0.15) is 10.5 Å². The summed E-state index contributed by atoms with van der Waals surface area (Å²) in [5.74, 6) is 0.00481. The summed E-state index contributed by atoms with van der Waals surface area (Å²) in [7, 11) is 1.85. The normalized spacial score (nSPS) is 26.6. The third-order valence-corrected chi connectivity index (χ3v) is 3.04. The number of carbonyl (C=O) groups excluding carboxylic acids is 1. The Morgan fingerprint density at radius 2 is 2.57 bits per heavy atom. The molecular formula is C9H12N2O2S. The number of ether oxygens (including phenoxy) is 1. The third-order valence-electron chi connectivity index (χ3n) is 2.48. The van der Waals surface area contributed by atoms with Crippen LogP contribution in [0, 0.1) is 5.92 Å². The van der Waals surface area contributed by atoms with Gasteiger partial charge in [-0.25, -0.2) is 0 Å². The molecule has 5 heteroatoms. The smallest absolute Gasteiger partial charge is 0.189 e. The highest BCUT2D eigenvalue weighted by molar-refractivity contribution is 7.03. The van der Waals surface area contributed by atoms with E-state index in [1.54, 1.807) is 6.07 Å². The summed E-state index contributed by atoms with van der Waals surface area (Å²) in [6.45, 7) is 1.11. The van der Waals surface area contributed by atoms with Crippen molar-refractivity contribution in [1.29, 1.82) is 0 Å². The van der Waals surface area contributed by atoms with Crippen molar-refractivity contribution in [1.82, 2.24) is 9.69 Å². The fourth-order valence-electron chi connectivity index (χ4n) is 1.63. The summed E-state index contributed by atoms with van der Waals surface area (Å²) in [5, 5.41) is 4.90. The predicted octanol–water partition coefficient (Wildman–Crippen LogP) is 0.560. The molecule has 14 heavy (non-hydrogen) atoms. The Labute approximate surface area is 86.4 Å². The maximum Gasteiger partial charge on any atom is 0.189 e. The number of nitrogens with one attached hydrogen (secondary N) is 1. The van der Waals surface area contributed by atoms with E-state index >= 15 is 0 Å². The zero-order chi connectivity index (χ0) is 9.97. The van der Waals surface area contributed by atoms with Crippen molar-refractivity contribution in [2.45, 2.75) is 6.04 Å². The standard InChI is InChI=1S/C9H12N2O2S/c1-10-8-5-13-4-6(8)9(12)7-2-3-14-11-7/h2-3,6,8,10H,4-5H2,1H3. The molecule has 1 aliphatic heterocycles. The quantitative estimate of drug-likeness (QED) is 0.744. The monoisotopic (exact) mass is 212 g/mol. The Morgan fingerprint density at radius 1 is 1.71 bits per heavy atom. The number of rotatable bonds is 3. The van der Waals surface area contributed by atoms with E-state index in [2.05, 4.69) is 9.69 Å². The Balaban J connectivity index is 2.11. The number of hydrogen-bond donors (Lipinski definition) is 1. The highest BCUT2D eigenvalue weighted by atomic mass is 32.1. The van der Waals surface area contributed by atoms with Crippen molar-refractivity contribution < 1.29 is 9.53 Å².